The first-order valence-corrected chi connectivity index (χ1v) is 8.29. The fourth-order valence-electron chi connectivity index (χ4n) is 3.40. The van der Waals surface area contributed by atoms with E-state index in [0.717, 1.165) is 33.8 Å². The molecule has 0 saturated carbocycles. The molecule has 4 heterocycles. The van der Waals surface area contributed by atoms with Gasteiger partial charge < -0.3 is 4.42 Å². The van der Waals surface area contributed by atoms with Gasteiger partial charge in [-0.15, -0.1) is 0 Å². The van der Waals surface area contributed by atoms with Gasteiger partial charge in [0.2, 0.25) is 5.71 Å². The first-order chi connectivity index (χ1) is 11.5. The summed E-state index contributed by atoms with van der Waals surface area (Å²) in [5.74, 6) is 1.15. The van der Waals surface area contributed by atoms with E-state index < -0.39 is 0 Å². The van der Waals surface area contributed by atoms with Crippen LogP contribution in [0.1, 0.15) is 22.4 Å². The molecule has 0 amide bonds. The second kappa shape index (κ2) is 5.23. The molecule has 0 N–H and O–H groups in total. The van der Waals surface area contributed by atoms with Gasteiger partial charge in [0, 0.05) is 22.7 Å². The molecule has 0 atom stereocenters. The van der Waals surface area contributed by atoms with Crippen LogP contribution in [0.25, 0.3) is 17.2 Å². The molecule has 1 aliphatic heterocycles. The topological polar surface area (TPSA) is 33.2 Å². The molecule has 1 aliphatic rings. The van der Waals surface area contributed by atoms with Gasteiger partial charge >= 0.3 is 6.85 Å². The maximum atomic E-state index is 6.12. The van der Waals surface area contributed by atoms with E-state index in [1.807, 2.05) is 13.0 Å². The molecule has 0 unspecified atom stereocenters. The van der Waals surface area contributed by atoms with Crippen molar-refractivity contribution in [3.8, 4) is 0 Å². The molecule has 3 aromatic rings. The Morgan fingerprint density at radius 2 is 1.96 bits per heavy atom. The van der Waals surface area contributed by atoms with Crippen LogP contribution in [0, 0.1) is 20.8 Å². The predicted molar refractivity (Wildman–Crippen MR) is 98.6 cm³/mol. The van der Waals surface area contributed by atoms with Gasteiger partial charge in [-0.1, -0.05) is 0 Å². The summed E-state index contributed by atoms with van der Waals surface area (Å²) in [7, 11) is 2.08. The molecule has 0 bridgehead atoms. The largest absolute Gasteiger partial charge is 0.447 e. The number of pyridine rings is 2. The molecule has 5 heteroatoms. The maximum Gasteiger partial charge on any atom is 0.447 e. The lowest BCUT2D eigenvalue weighted by Crippen LogP contribution is -2.50. The van der Waals surface area contributed by atoms with Crippen molar-refractivity contribution in [1.29, 1.82) is 0 Å². The van der Waals surface area contributed by atoms with Crippen molar-refractivity contribution in [2.45, 2.75) is 27.6 Å². The molecule has 0 spiro atoms. The SMILES string of the molecule is CB1c2oc3nc(C)ccc3c2C=CN1c1cc(C)c(C)c[n+]1C. The Balaban J connectivity index is 1.84. The van der Waals surface area contributed by atoms with Crippen LogP contribution < -0.4 is 15.0 Å². The molecule has 0 radical (unpaired) electrons. The zero-order chi connectivity index (χ0) is 17.0. The first-order valence-electron chi connectivity index (χ1n) is 8.29. The number of nitrogens with zero attached hydrogens (tertiary/aromatic N) is 3. The smallest absolute Gasteiger partial charge is 0.447 e. The molecular formula is C19H21BN3O+. The lowest BCUT2D eigenvalue weighted by Gasteiger charge is -2.22. The summed E-state index contributed by atoms with van der Waals surface area (Å²) in [5.41, 5.74) is 6.40. The van der Waals surface area contributed by atoms with E-state index in [1.54, 1.807) is 0 Å². The standard InChI is InChI=1S/C19H21BN3O/c1-12-10-17(22(5)11-13(12)2)23-9-8-15-16-7-6-14(3)21-19(16)24-18(15)20(23)4/h6-11H,1-5H3/q+1. The summed E-state index contributed by atoms with van der Waals surface area (Å²) in [6.07, 6.45) is 6.45. The normalized spacial score (nSPS) is 13.7. The van der Waals surface area contributed by atoms with Crippen LogP contribution in [-0.4, -0.2) is 11.8 Å². The van der Waals surface area contributed by atoms with Crippen LogP contribution in [0.2, 0.25) is 6.82 Å². The quantitative estimate of drug-likeness (QED) is 0.511. The van der Waals surface area contributed by atoms with E-state index in [9.17, 15) is 0 Å². The van der Waals surface area contributed by atoms with Gasteiger partial charge in [-0.25, -0.2) is 9.55 Å². The number of hydrogen-bond acceptors (Lipinski definition) is 3. The lowest BCUT2D eigenvalue weighted by molar-refractivity contribution is -0.658. The Kier molecular flexibility index (Phi) is 3.27. The average Bonchev–Trinajstić information content (AvgIpc) is 2.90. The van der Waals surface area contributed by atoms with Crippen molar-refractivity contribution in [3.05, 3.63) is 53.0 Å². The third kappa shape index (κ3) is 2.15. The molecule has 0 aliphatic carbocycles. The Labute approximate surface area is 142 Å². The molecule has 0 aromatic carbocycles. The minimum absolute atomic E-state index is 0.118. The summed E-state index contributed by atoms with van der Waals surface area (Å²) < 4.78 is 8.28. The van der Waals surface area contributed by atoms with Crippen molar-refractivity contribution in [3.63, 3.8) is 0 Å². The van der Waals surface area contributed by atoms with E-state index in [-0.39, 0.29) is 6.85 Å². The zero-order valence-corrected chi connectivity index (χ0v) is 14.8. The van der Waals surface area contributed by atoms with Gasteiger partial charge in [-0.2, -0.15) is 0 Å². The van der Waals surface area contributed by atoms with Crippen LogP contribution in [0.3, 0.4) is 0 Å². The Morgan fingerprint density at radius 1 is 1.17 bits per heavy atom. The number of hydrogen-bond donors (Lipinski definition) is 0. The van der Waals surface area contributed by atoms with E-state index in [1.165, 1.54) is 11.1 Å². The van der Waals surface area contributed by atoms with Crippen molar-refractivity contribution in [2.24, 2.45) is 7.05 Å². The van der Waals surface area contributed by atoms with Gasteiger partial charge in [-0.3, -0.25) is 4.81 Å². The maximum absolute atomic E-state index is 6.12. The van der Waals surface area contributed by atoms with Crippen LogP contribution in [0.15, 0.2) is 35.0 Å². The highest BCUT2D eigenvalue weighted by Crippen LogP contribution is 2.26. The van der Waals surface area contributed by atoms with Crippen LogP contribution in [0.4, 0.5) is 5.82 Å². The second-order valence-electron chi connectivity index (χ2n) is 6.69. The van der Waals surface area contributed by atoms with Crippen molar-refractivity contribution in [1.82, 2.24) is 4.98 Å². The van der Waals surface area contributed by atoms with E-state index in [0.29, 0.717) is 0 Å². The summed E-state index contributed by atoms with van der Waals surface area (Å²) in [6, 6.07) is 6.36. The fraction of sp³-hybridized carbons (Fsp3) is 0.263. The van der Waals surface area contributed by atoms with E-state index >= 15 is 0 Å². The highest BCUT2D eigenvalue weighted by Gasteiger charge is 2.38. The summed E-state index contributed by atoms with van der Waals surface area (Å²) in [5, 5.41) is 1.09. The molecule has 3 aromatic heterocycles. The Hall–Kier alpha value is -2.56. The number of furan rings is 1. The number of fused-ring (bicyclic) bond motifs is 3. The number of rotatable bonds is 1. The van der Waals surface area contributed by atoms with Crippen molar-refractivity contribution < 1.29 is 8.98 Å². The summed E-state index contributed by atoms with van der Waals surface area (Å²) >= 11 is 0. The van der Waals surface area contributed by atoms with E-state index in [4.69, 9.17) is 4.42 Å². The van der Waals surface area contributed by atoms with Gasteiger partial charge in [-0.05, 0) is 56.9 Å². The number of aromatic nitrogens is 2. The Bertz CT molecular complexity index is 990. The van der Waals surface area contributed by atoms with Gasteiger partial charge in [0.05, 0.1) is 19.4 Å². The zero-order valence-electron chi connectivity index (χ0n) is 14.8. The number of anilines is 1. The molecule has 4 nitrogen and oxygen atoms in total. The van der Waals surface area contributed by atoms with E-state index in [2.05, 4.69) is 72.7 Å². The molecule has 120 valence electrons. The average molecular weight is 318 g/mol. The Morgan fingerprint density at radius 3 is 2.75 bits per heavy atom. The molecule has 24 heavy (non-hydrogen) atoms. The van der Waals surface area contributed by atoms with Gasteiger partial charge in [0.15, 0.2) is 0 Å². The molecular weight excluding hydrogens is 297 g/mol. The highest BCUT2D eigenvalue weighted by atomic mass is 16.3. The minimum Gasteiger partial charge on any atom is -0.447 e. The van der Waals surface area contributed by atoms with Crippen LogP contribution >= 0.6 is 0 Å². The first kappa shape index (κ1) is 15.0. The van der Waals surface area contributed by atoms with Gasteiger partial charge in [0.1, 0.15) is 5.66 Å². The molecule has 0 fully saturated rings. The second-order valence-corrected chi connectivity index (χ2v) is 6.69. The molecule has 4 rings (SSSR count). The molecule has 0 saturated heterocycles. The third-order valence-electron chi connectivity index (χ3n) is 4.94. The van der Waals surface area contributed by atoms with Gasteiger partial charge in [0.25, 0.3) is 5.82 Å². The fourth-order valence-corrected chi connectivity index (χ4v) is 3.40. The van der Waals surface area contributed by atoms with Crippen LogP contribution in [0.5, 0.6) is 0 Å². The monoisotopic (exact) mass is 318 g/mol. The summed E-state index contributed by atoms with van der Waals surface area (Å²) in [6.45, 7) is 8.57. The van der Waals surface area contributed by atoms with Crippen molar-refractivity contribution in [2.75, 3.05) is 4.81 Å². The summed E-state index contributed by atoms with van der Waals surface area (Å²) in [4.78, 5) is 6.79. The van der Waals surface area contributed by atoms with Crippen LogP contribution in [-0.2, 0) is 7.05 Å². The number of aryl methyl sites for hydroxylation is 4. The lowest BCUT2D eigenvalue weighted by atomic mass is 9.58. The highest BCUT2D eigenvalue weighted by molar-refractivity contribution is 6.76. The predicted octanol–water partition coefficient (Wildman–Crippen LogP) is 2.90. The minimum atomic E-state index is 0.118. The third-order valence-corrected chi connectivity index (χ3v) is 4.94. The van der Waals surface area contributed by atoms with Crippen molar-refractivity contribution >= 4 is 35.5 Å².